The van der Waals surface area contributed by atoms with Gasteiger partial charge in [0.25, 0.3) is 0 Å². The zero-order valence-corrected chi connectivity index (χ0v) is 8.48. The van der Waals surface area contributed by atoms with Crippen molar-refractivity contribution in [3.8, 4) is 5.75 Å². The predicted molar refractivity (Wildman–Crippen MR) is 56.7 cm³/mol. The Bertz CT molecular complexity index is 421. The summed E-state index contributed by atoms with van der Waals surface area (Å²) >= 11 is 0. The molecular formula is C10H11FN2O3. The second-order valence-corrected chi connectivity index (χ2v) is 3.11. The van der Waals surface area contributed by atoms with Crippen molar-refractivity contribution in [1.82, 2.24) is 0 Å². The second-order valence-electron chi connectivity index (χ2n) is 3.11. The van der Waals surface area contributed by atoms with Crippen molar-refractivity contribution in [1.29, 1.82) is 0 Å². The first-order valence-corrected chi connectivity index (χ1v) is 4.48. The smallest absolute Gasteiger partial charge is 0.305 e. The van der Waals surface area contributed by atoms with Crippen LogP contribution < -0.4 is 10.5 Å². The number of hydrogen-bond donors (Lipinski definition) is 1. The van der Waals surface area contributed by atoms with Gasteiger partial charge in [-0.25, -0.2) is 0 Å². The number of ether oxygens (including phenoxy) is 1. The van der Waals surface area contributed by atoms with Crippen LogP contribution in [0.2, 0.25) is 0 Å². The lowest BCUT2D eigenvalue weighted by Gasteiger charge is -2.06. The Kier molecular flexibility index (Phi) is 3.96. The Morgan fingerprint density at radius 3 is 2.81 bits per heavy atom. The highest BCUT2D eigenvalue weighted by Crippen LogP contribution is 2.22. The summed E-state index contributed by atoms with van der Waals surface area (Å²) in [5.41, 5.74) is 5.36. The minimum atomic E-state index is -0.930. The summed E-state index contributed by atoms with van der Waals surface area (Å²) in [6.07, 6.45) is 0. The Hall–Kier alpha value is -1.95. The van der Waals surface area contributed by atoms with Crippen molar-refractivity contribution in [3.05, 3.63) is 46.3 Å². The summed E-state index contributed by atoms with van der Waals surface area (Å²) in [6.45, 7) is 4.04. The molecule has 6 heteroatoms. The second kappa shape index (κ2) is 5.22. The number of halogens is 1. The van der Waals surface area contributed by atoms with Gasteiger partial charge in [0, 0.05) is 18.7 Å². The average molecular weight is 226 g/mol. The number of hydrogen-bond acceptors (Lipinski definition) is 4. The van der Waals surface area contributed by atoms with Gasteiger partial charge in [-0.15, -0.1) is 0 Å². The van der Waals surface area contributed by atoms with Gasteiger partial charge in [0.05, 0.1) is 4.92 Å². The molecule has 1 aromatic rings. The van der Waals surface area contributed by atoms with Crippen LogP contribution in [0.1, 0.15) is 0 Å². The fourth-order valence-electron chi connectivity index (χ4n) is 0.970. The van der Waals surface area contributed by atoms with E-state index in [1.807, 2.05) is 0 Å². The molecule has 0 unspecified atom stereocenters. The van der Waals surface area contributed by atoms with Crippen molar-refractivity contribution >= 4 is 5.69 Å². The molecule has 0 spiro atoms. The van der Waals surface area contributed by atoms with Crippen LogP contribution in [0.25, 0.3) is 0 Å². The van der Waals surface area contributed by atoms with Crippen LogP contribution in [0.4, 0.5) is 10.1 Å². The van der Waals surface area contributed by atoms with Gasteiger partial charge in [-0.1, -0.05) is 6.58 Å². The van der Waals surface area contributed by atoms with E-state index in [1.54, 1.807) is 0 Å². The summed E-state index contributed by atoms with van der Waals surface area (Å²) in [4.78, 5) is 9.55. The fraction of sp³-hybridized carbons (Fsp3) is 0.200. The number of nitro groups is 1. The lowest BCUT2D eigenvalue weighted by molar-refractivity contribution is -0.387. The highest BCUT2D eigenvalue weighted by atomic mass is 19.1. The lowest BCUT2D eigenvalue weighted by Crippen LogP contribution is -2.10. The lowest BCUT2D eigenvalue weighted by atomic mass is 10.3. The maximum atomic E-state index is 13.1. The Morgan fingerprint density at radius 2 is 2.31 bits per heavy atom. The quantitative estimate of drug-likeness (QED) is 0.470. The number of nitrogens with two attached hydrogens (primary N) is 1. The molecule has 0 radical (unpaired) electrons. The highest BCUT2D eigenvalue weighted by Gasteiger charge is 2.14. The Balaban J connectivity index is 2.74. The zero-order valence-electron chi connectivity index (χ0n) is 8.48. The van der Waals surface area contributed by atoms with Crippen LogP contribution in [0.3, 0.4) is 0 Å². The van der Waals surface area contributed by atoms with Gasteiger partial charge in [0.2, 0.25) is 5.82 Å². The molecule has 0 saturated heterocycles. The van der Waals surface area contributed by atoms with Gasteiger partial charge in [0.15, 0.2) is 0 Å². The van der Waals surface area contributed by atoms with E-state index in [0.717, 1.165) is 12.1 Å². The molecule has 0 amide bonds. The van der Waals surface area contributed by atoms with E-state index in [-0.39, 0.29) is 18.9 Å². The summed E-state index contributed by atoms with van der Waals surface area (Å²) in [5.74, 6) is -0.724. The first-order valence-electron chi connectivity index (χ1n) is 4.48. The molecule has 0 aliphatic rings. The first-order chi connectivity index (χ1) is 7.54. The summed E-state index contributed by atoms with van der Waals surface area (Å²) in [7, 11) is 0. The van der Waals surface area contributed by atoms with Gasteiger partial charge in [-0.05, 0) is 11.6 Å². The molecule has 5 nitrogen and oxygen atoms in total. The van der Waals surface area contributed by atoms with Crippen LogP contribution in [-0.4, -0.2) is 18.1 Å². The van der Waals surface area contributed by atoms with E-state index in [4.69, 9.17) is 10.5 Å². The summed E-state index contributed by atoms with van der Waals surface area (Å²) in [6, 6.07) is 3.34. The molecule has 16 heavy (non-hydrogen) atoms. The molecule has 1 rings (SSSR count). The molecule has 0 aliphatic carbocycles. The van der Waals surface area contributed by atoms with Gasteiger partial charge < -0.3 is 10.5 Å². The predicted octanol–water partition coefficient (Wildman–Crippen LogP) is 1.63. The van der Waals surface area contributed by atoms with Crippen molar-refractivity contribution in [2.24, 2.45) is 5.73 Å². The van der Waals surface area contributed by atoms with Crippen LogP contribution in [-0.2, 0) is 0 Å². The molecule has 2 N–H and O–H groups in total. The molecule has 86 valence electrons. The molecular weight excluding hydrogens is 215 g/mol. The standard InChI is InChI=1S/C10H11FN2O3/c1-7(5-12)6-16-8-2-3-10(13(14)15)9(11)4-8/h2-4H,1,5-6,12H2. The van der Waals surface area contributed by atoms with Crippen LogP contribution >= 0.6 is 0 Å². The number of nitrogens with zero attached hydrogens (tertiary/aromatic N) is 1. The molecule has 0 fully saturated rings. The van der Waals surface area contributed by atoms with E-state index in [1.165, 1.54) is 6.07 Å². The molecule has 0 saturated carbocycles. The Morgan fingerprint density at radius 1 is 1.62 bits per heavy atom. The fourth-order valence-corrected chi connectivity index (χ4v) is 0.970. The van der Waals surface area contributed by atoms with Crippen molar-refractivity contribution < 1.29 is 14.1 Å². The molecule has 1 aromatic carbocycles. The van der Waals surface area contributed by atoms with Gasteiger partial charge in [-0.2, -0.15) is 4.39 Å². The van der Waals surface area contributed by atoms with E-state index >= 15 is 0 Å². The average Bonchev–Trinajstić information content (AvgIpc) is 2.25. The molecule has 0 aliphatic heterocycles. The van der Waals surface area contributed by atoms with E-state index < -0.39 is 16.4 Å². The Labute approximate surface area is 91.5 Å². The maximum Gasteiger partial charge on any atom is 0.305 e. The summed E-state index contributed by atoms with van der Waals surface area (Å²) < 4.78 is 18.3. The molecule has 0 aromatic heterocycles. The third-order valence-corrected chi connectivity index (χ3v) is 1.85. The largest absolute Gasteiger partial charge is 0.489 e. The van der Waals surface area contributed by atoms with Gasteiger partial charge in [0.1, 0.15) is 12.4 Å². The first kappa shape index (κ1) is 12.1. The van der Waals surface area contributed by atoms with Gasteiger partial charge >= 0.3 is 5.69 Å². The summed E-state index contributed by atoms with van der Waals surface area (Å²) in [5, 5.41) is 10.3. The van der Waals surface area contributed by atoms with Crippen LogP contribution in [0.15, 0.2) is 30.4 Å². The number of rotatable bonds is 5. The monoisotopic (exact) mass is 226 g/mol. The molecule has 0 atom stereocenters. The number of benzene rings is 1. The van der Waals surface area contributed by atoms with E-state index in [2.05, 4.69) is 6.58 Å². The van der Waals surface area contributed by atoms with Crippen molar-refractivity contribution in [3.63, 3.8) is 0 Å². The SMILES string of the molecule is C=C(CN)COc1ccc([N+](=O)[O-])c(F)c1. The van der Waals surface area contributed by atoms with Crippen molar-refractivity contribution in [2.75, 3.05) is 13.2 Å². The van der Waals surface area contributed by atoms with Crippen molar-refractivity contribution in [2.45, 2.75) is 0 Å². The maximum absolute atomic E-state index is 13.1. The van der Waals surface area contributed by atoms with Crippen LogP contribution in [0, 0.1) is 15.9 Å². The number of nitro benzene ring substituents is 1. The third kappa shape index (κ3) is 3.03. The third-order valence-electron chi connectivity index (χ3n) is 1.85. The minimum absolute atomic E-state index is 0.160. The topological polar surface area (TPSA) is 78.4 Å². The van der Waals surface area contributed by atoms with Gasteiger partial charge in [-0.3, -0.25) is 10.1 Å². The van der Waals surface area contributed by atoms with E-state index in [0.29, 0.717) is 5.57 Å². The highest BCUT2D eigenvalue weighted by molar-refractivity contribution is 5.38. The normalized spacial score (nSPS) is 9.88. The van der Waals surface area contributed by atoms with Crippen LogP contribution in [0.5, 0.6) is 5.75 Å². The molecule has 0 heterocycles. The molecule has 0 bridgehead atoms. The van der Waals surface area contributed by atoms with E-state index in [9.17, 15) is 14.5 Å². The zero-order chi connectivity index (χ0) is 12.1. The minimum Gasteiger partial charge on any atom is -0.489 e.